The van der Waals surface area contributed by atoms with Gasteiger partial charge in [0.2, 0.25) is 15.9 Å². The summed E-state index contributed by atoms with van der Waals surface area (Å²) in [7, 11) is -3.70. The van der Waals surface area contributed by atoms with Crippen LogP contribution in [0.4, 0.5) is 11.4 Å². The number of aryl methyl sites for hydroxylation is 2. The summed E-state index contributed by atoms with van der Waals surface area (Å²) in [6.07, 6.45) is 1.08. The number of carbonyl (C=O) groups excluding carboxylic acids is 1. The first-order valence-corrected chi connectivity index (χ1v) is 10.4. The van der Waals surface area contributed by atoms with Crippen LogP contribution in [0, 0.1) is 20.8 Å². The zero-order valence-corrected chi connectivity index (χ0v) is 17.1. The van der Waals surface area contributed by atoms with Gasteiger partial charge in [0.05, 0.1) is 11.9 Å². The lowest BCUT2D eigenvalue weighted by molar-refractivity contribution is -0.116. The lowest BCUT2D eigenvalue weighted by Crippen LogP contribution is -2.45. The van der Waals surface area contributed by atoms with Crippen molar-refractivity contribution in [1.29, 1.82) is 0 Å². The number of benzene rings is 2. The summed E-state index contributed by atoms with van der Waals surface area (Å²) in [5.74, 6) is -0.413. The van der Waals surface area contributed by atoms with Crippen LogP contribution in [0.3, 0.4) is 0 Å². The molecule has 0 radical (unpaired) electrons. The lowest BCUT2D eigenvalue weighted by atomic mass is 10.1. The summed E-state index contributed by atoms with van der Waals surface area (Å²) in [6.45, 7) is 7.19. The summed E-state index contributed by atoms with van der Waals surface area (Å²) < 4.78 is 25.9. The Balaban J connectivity index is 2.41. The molecule has 2 aromatic carbocycles. The largest absolute Gasteiger partial charge is 0.324 e. The number of nitrogens with one attached hydrogen (secondary N) is 1. The van der Waals surface area contributed by atoms with Gasteiger partial charge in [0.15, 0.2) is 0 Å². The molecule has 5 nitrogen and oxygen atoms in total. The first-order chi connectivity index (χ1) is 12.0. The van der Waals surface area contributed by atoms with Crippen LogP contribution in [0.1, 0.15) is 23.6 Å². The third-order valence-electron chi connectivity index (χ3n) is 4.36. The van der Waals surface area contributed by atoms with Crippen molar-refractivity contribution < 1.29 is 13.2 Å². The van der Waals surface area contributed by atoms with Crippen molar-refractivity contribution in [3.05, 3.63) is 58.1 Å². The average Bonchev–Trinajstić information content (AvgIpc) is 2.54. The summed E-state index contributed by atoms with van der Waals surface area (Å²) in [5.41, 5.74) is 3.76. The lowest BCUT2D eigenvalue weighted by Gasteiger charge is -2.29. The standard InChI is InChI=1S/C19H23ClN2O3S/c1-12-7-6-8-17(14(12)3)21-19(23)15(4)22(26(5,24)25)18-11-16(20)10-9-13(18)2/h6-11,15H,1-5H3,(H,21,23)/t15-/m1/s1. The van der Waals surface area contributed by atoms with Gasteiger partial charge in [-0.25, -0.2) is 8.42 Å². The molecular formula is C19H23ClN2O3S. The highest BCUT2D eigenvalue weighted by molar-refractivity contribution is 7.92. The van der Waals surface area contributed by atoms with E-state index in [1.807, 2.05) is 26.0 Å². The molecule has 0 heterocycles. The van der Waals surface area contributed by atoms with Crippen LogP contribution in [0.15, 0.2) is 36.4 Å². The molecule has 0 fully saturated rings. The Hall–Kier alpha value is -2.05. The van der Waals surface area contributed by atoms with Crippen molar-refractivity contribution in [2.24, 2.45) is 0 Å². The molecule has 0 aliphatic rings. The number of hydrogen-bond donors (Lipinski definition) is 1. The Morgan fingerprint density at radius 1 is 1.12 bits per heavy atom. The third kappa shape index (κ3) is 4.37. The van der Waals surface area contributed by atoms with Gasteiger partial charge in [0.1, 0.15) is 6.04 Å². The Labute approximate surface area is 160 Å². The normalized spacial score (nSPS) is 12.5. The van der Waals surface area contributed by atoms with E-state index in [1.54, 1.807) is 38.1 Å². The highest BCUT2D eigenvalue weighted by Crippen LogP contribution is 2.29. The van der Waals surface area contributed by atoms with E-state index in [1.165, 1.54) is 0 Å². The van der Waals surface area contributed by atoms with Crippen LogP contribution in [-0.4, -0.2) is 26.6 Å². The fraction of sp³-hybridized carbons (Fsp3) is 0.316. The van der Waals surface area contributed by atoms with E-state index < -0.39 is 22.0 Å². The second-order valence-corrected chi connectivity index (χ2v) is 8.70. The van der Waals surface area contributed by atoms with Crippen molar-refractivity contribution in [3.63, 3.8) is 0 Å². The van der Waals surface area contributed by atoms with Crippen LogP contribution in [0.2, 0.25) is 5.02 Å². The molecule has 0 spiro atoms. The maximum absolute atomic E-state index is 12.8. The molecular weight excluding hydrogens is 372 g/mol. The van der Waals surface area contributed by atoms with E-state index in [4.69, 9.17) is 11.6 Å². The molecule has 140 valence electrons. The van der Waals surface area contributed by atoms with Crippen LogP contribution in [-0.2, 0) is 14.8 Å². The van der Waals surface area contributed by atoms with E-state index in [9.17, 15) is 13.2 Å². The average molecular weight is 395 g/mol. The fourth-order valence-corrected chi connectivity index (χ4v) is 4.12. The monoisotopic (exact) mass is 394 g/mol. The number of anilines is 2. The molecule has 2 aromatic rings. The van der Waals surface area contributed by atoms with Crippen LogP contribution in [0.25, 0.3) is 0 Å². The van der Waals surface area contributed by atoms with Gasteiger partial charge in [-0.1, -0.05) is 29.8 Å². The molecule has 0 aliphatic carbocycles. The predicted octanol–water partition coefficient (Wildman–Crippen LogP) is 4.06. The van der Waals surface area contributed by atoms with Gasteiger partial charge in [-0.2, -0.15) is 0 Å². The molecule has 0 aromatic heterocycles. The zero-order chi connectivity index (χ0) is 19.6. The highest BCUT2D eigenvalue weighted by atomic mass is 35.5. The molecule has 1 amide bonds. The summed E-state index contributed by atoms with van der Waals surface area (Å²) >= 11 is 6.04. The zero-order valence-electron chi connectivity index (χ0n) is 15.5. The number of sulfonamides is 1. The Kier molecular flexibility index (Phi) is 5.98. The molecule has 26 heavy (non-hydrogen) atoms. The van der Waals surface area contributed by atoms with E-state index >= 15 is 0 Å². The van der Waals surface area contributed by atoms with Gasteiger partial charge in [-0.3, -0.25) is 9.10 Å². The van der Waals surface area contributed by atoms with Crippen molar-refractivity contribution >= 4 is 38.9 Å². The van der Waals surface area contributed by atoms with E-state index in [0.29, 0.717) is 22.0 Å². The summed E-state index contributed by atoms with van der Waals surface area (Å²) in [5, 5.41) is 3.23. The predicted molar refractivity (Wildman–Crippen MR) is 108 cm³/mol. The second-order valence-electron chi connectivity index (χ2n) is 6.40. The van der Waals surface area contributed by atoms with Crippen LogP contribution >= 0.6 is 11.6 Å². The first-order valence-electron chi connectivity index (χ1n) is 8.15. The van der Waals surface area contributed by atoms with Gasteiger partial charge in [0.25, 0.3) is 0 Å². The first kappa shape index (κ1) is 20.3. The van der Waals surface area contributed by atoms with Gasteiger partial charge in [-0.15, -0.1) is 0 Å². The van der Waals surface area contributed by atoms with E-state index in [2.05, 4.69) is 5.32 Å². The van der Waals surface area contributed by atoms with Gasteiger partial charge < -0.3 is 5.32 Å². The number of rotatable bonds is 5. The van der Waals surface area contributed by atoms with Gasteiger partial charge in [0, 0.05) is 10.7 Å². The van der Waals surface area contributed by atoms with Gasteiger partial charge >= 0.3 is 0 Å². The molecule has 0 bridgehead atoms. The molecule has 2 rings (SSSR count). The molecule has 7 heteroatoms. The van der Waals surface area contributed by atoms with E-state index in [-0.39, 0.29) is 0 Å². The number of nitrogens with zero attached hydrogens (tertiary/aromatic N) is 1. The van der Waals surface area contributed by atoms with Crippen molar-refractivity contribution in [1.82, 2.24) is 0 Å². The second kappa shape index (κ2) is 7.68. The molecule has 0 unspecified atom stereocenters. The SMILES string of the molecule is Cc1ccc(Cl)cc1N([C@H](C)C(=O)Nc1cccc(C)c1C)S(C)(=O)=O. The Bertz CT molecular complexity index is 942. The minimum Gasteiger partial charge on any atom is -0.324 e. The Morgan fingerprint density at radius 3 is 2.38 bits per heavy atom. The molecule has 1 atom stereocenters. The highest BCUT2D eigenvalue weighted by Gasteiger charge is 2.30. The smallest absolute Gasteiger partial charge is 0.248 e. The topological polar surface area (TPSA) is 66.5 Å². The summed E-state index contributed by atoms with van der Waals surface area (Å²) in [6, 6.07) is 9.61. The molecule has 0 saturated heterocycles. The number of amides is 1. The third-order valence-corrected chi connectivity index (χ3v) is 5.82. The van der Waals surface area contributed by atoms with Crippen molar-refractivity contribution in [2.45, 2.75) is 33.7 Å². The van der Waals surface area contributed by atoms with Crippen molar-refractivity contribution in [3.8, 4) is 0 Å². The number of hydrogen-bond acceptors (Lipinski definition) is 3. The fourth-order valence-electron chi connectivity index (χ4n) is 2.72. The van der Waals surface area contributed by atoms with Crippen molar-refractivity contribution in [2.75, 3.05) is 15.9 Å². The number of halogens is 1. The maximum Gasteiger partial charge on any atom is 0.248 e. The minimum absolute atomic E-state index is 0.392. The quantitative estimate of drug-likeness (QED) is 0.831. The van der Waals surface area contributed by atoms with Gasteiger partial charge in [-0.05, 0) is 62.6 Å². The maximum atomic E-state index is 12.8. The molecule has 1 N–H and O–H groups in total. The van der Waals surface area contributed by atoms with Crippen LogP contribution < -0.4 is 9.62 Å². The Morgan fingerprint density at radius 2 is 1.77 bits per heavy atom. The minimum atomic E-state index is -3.70. The summed E-state index contributed by atoms with van der Waals surface area (Å²) in [4.78, 5) is 12.8. The molecule has 0 saturated carbocycles. The van der Waals surface area contributed by atoms with Crippen LogP contribution in [0.5, 0.6) is 0 Å². The van der Waals surface area contributed by atoms with E-state index in [0.717, 1.165) is 21.7 Å². The molecule has 0 aliphatic heterocycles. The number of carbonyl (C=O) groups is 1.